The molecular weight excluding hydrogens is 231 g/mol. The zero-order valence-electron chi connectivity index (χ0n) is 10.8. The van der Waals surface area contributed by atoms with Gasteiger partial charge in [-0.3, -0.25) is 0 Å². The number of nitrogens with one attached hydrogen (secondary N) is 1. The molecule has 1 aromatic heterocycles. The van der Waals surface area contributed by atoms with Crippen molar-refractivity contribution in [3.05, 3.63) is 29.8 Å². The second kappa shape index (κ2) is 4.05. The van der Waals surface area contributed by atoms with Crippen LogP contribution in [0.3, 0.4) is 0 Å². The number of aromatic nitrogens is 2. The topological polar surface area (TPSA) is 37.9 Å². The van der Waals surface area contributed by atoms with Gasteiger partial charge >= 0.3 is 0 Å². The predicted octanol–water partition coefficient (Wildman–Crippen LogP) is 3.23. The van der Waals surface area contributed by atoms with E-state index in [2.05, 4.69) is 30.7 Å². The second-order valence-corrected chi connectivity index (χ2v) is 5.21. The van der Waals surface area contributed by atoms with Crippen LogP contribution in [0.5, 0.6) is 0 Å². The molecule has 1 aliphatic rings. The van der Waals surface area contributed by atoms with Crippen LogP contribution < -0.4 is 0 Å². The van der Waals surface area contributed by atoms with E-state index in [1.807, 2.05) is 0 Å². The van der Waals surface area contributed by atoms with Crippen LogP contribution in [-0.4, -0.2) is 22.2 Å². The van der Waals surface area contributed by atoms with Crippen LogP contribution in [0.1, 0.15) is 32.5 Å². The molecule has 0 radical (unpaired) electrons. The highest BCUT2D eigenvalue weighted by molar-refractivity contribution is 5.75. The molecule has 18 heavy (non-hydrogen) atoms. The van der Waals surface area contributed by atoms with Crippen molar-refractivity contribution < 1.29 is 9.13 Å². The van der Waals surface area contributed by atoms with Crippen molar-refractivity contribution in [1.29, 1.82) is 0 Å². The van der Waals surface area contributed by atoms with E-state index in [4.69, 9.17) is 4.74 Å². The summed E-state index contributed by atoms with van der Waals surface area (Å²) in [7, 11) is 0. The number of ether oxygens (including phenoxy) is 1. The van der Waals surface area contributed by atoms with Gasteiger partial charge in [0, 0.05) is 5.92 Å². The van der Waals surface area contributed by atoms with Crippen molar-refractivity contribution in [3.63, 3.8) is 0 Å². The van der Waals surface area contributed by atoms with Gasteiger partial charge in [-0.15, -0.1) is 0 Å². The molecule has 3 rings (SSSR count). The fourth-order valence-corrected chi connectivity index (χ4v) is 2.90. The van der Waals surface area contributed by atoms with Gasteiger partial charge in [-0.25, -0.2) is 9.37 Å². The van der Waals surface area contributed by atoms with Crippen molar-refractivity contribution >= 4 is 11.0 Å². The Balaban J connectivity index is 2.04. The van der Waals surface area contributed by atoms with Crippen molar-refractivity contribution in [2.45, 2.75) is 38.9 Å². The maximum absolute atomic E-state index is 13.2. The zero-order chi connectivity index (χ0) is 12.9. The average molecular weight is 248 g/mol. The molecule has 4 atom stereocenters. The van der Waals surface area contributed by atoms with Crippen molar-refractivity contribution in [2.75, 3.05) is 0 Å². The van der Waals surface area contributed by atoms with Crippen LogP contribution in [0, 0.1) is 11.7 Å². The fourth-order valence-electron chi connectivity index (χ4n) is 2.90. The van der Waals surface area contributed by atoms with Crippen LogP contribution in [0.2, 0.25) is 0 Å². The van der Waals surface area contributed by atoms with Crippen molar-refractivity contribution in [3.8, 4) is 0 Å². The first kappa shape index (κ1) is 11.7. The third kappa shape index (κ3) is 1.72. The van der Waals surface area contributed by atoms with Crippen LogP contribution in [0.15, 0.2) is 18.2 Å². The monoisotopic (exact) mass is 248 g/mol. The molecule has 4 heteroatoms. The van der Waals surface area contributed by atoms with E-state index < -0.39 is 0 Å². The van der Waals surface area contributed by atoms with E-state index in [0.717, 1.165) is 16.9 Å². The SMILES string of the molecule is CC1OC(C)C(c2nc3ccc(F)cc3[nH]2)C1C. The number of nitrogens with zero attached hydrogens (tertiary/aromatic N) is 1. The summed E-state index contributed by atoms with van der Waals surface area (Å²) in [5, 5.41) is 0. The molecule has 0 saturated carbocycles. The van der Waals surface area contributed by atoms with Crippen LogP contribution >= 0.6 is 0 Å². The Morgan fingerprint density at radius 2 is 2.00 bits per heavy atom. The second-order valence-electron chi connectivity index (χ2n) is 5.21. The zero-order valence-corrected chi connectivity index (χ0v) is 10.8. The minimum Gasteiger partial charge on any atom is -0.374 e. The highest BCUT2D eigenvalue weighted by atomic mass is 19.1. The van der Waals surface area contributed by atoms with Gasteiger partial charge in [0.05, 0.1) is 23.2 Å². The largest absolute Gasteiger partial charge is 0.374 e. The summed E-state index contributed by atoms with van der Waals surface area (Å²) in [6, 6.07) is 4.63. The smallest absolute Gasteiger partial charge is 0.125 e. The molecule has 0 amide bonds. The number of halogens is 1. The van der Waals surface area contributed by atoms with Crippen LogP contribution in [-0.2, 0) is 4.74 Å². The Hall–Kier alpha value is -1.42. The molecule has 2 aromatic rings. The van der Waals surface area contributed by atoms with Gasteiger partial charge in [-0.05, 0) is 38.0 Å². The van der Waals surface area contributed by atoms with E-state index in [0.29, 0.717) is 5.92 Å². The van der Waals surface area contributed by atoms with Crippen LogP contribution in [0.4, 0.5) is 4.39 Å². The highest BCUT2D eigenvalue weighted by Crippen LogP contribution is 2.39. The Morgan fingerprint density at radius 3 is 2.67 bits per heavy atom. The number of fused-ring (bicyclic) bond motifs is 1. The van der Waals surface area contributed by atoms with E-state index in [1.165, 1.54) is 12.1 Å². The summed E-state index contributed by atoms with van der Waals surface area (Å²) >= 11 is 0. The summed E-state index contributed by atoms with van der Waals surface area (Å²) < 4.78 is 19.0. The van der Waals surface area contributed by atoms with Gasteiger partial charge < -0.3 is 9.72 Å². The van der Waals surface area contributed by atoms with Gasteiger partial charge in [0.25, 0.3) is 0 Å². The van der Waals surface area contributed by atoms with Gasteiger partial charge in [0.15, 0.2) is 0 Å². The molecule has 96 valence electrons. The summed E-state index contributed by atoms with van der Waals surface area (Å²) in [6.07, 6.45) is 0.371. The minimum atomic E-state index is -0.241. The molecule has 0 bridgehead atoms. The van der Waals surface area contributed by atoms with Crippen molar-refractivity contribution in [2.24, 2.45) is 5.92 Å². The molecular formula is C14H17FN2O. The Bertz CT molecular complexity index is 580. The lowest BCUT2D eigenvalue weighted by atomic mass is 9.89. The first-order valence-corrected chi connectivity index (χ1v) is 6.37. The van der Waals surface area contributed by atoms with Gasteiger partial charge in [0.1, 0.15) is 11.6 Å². The molecule has 1 aliphatic heterocycles. The standard InChI is InChI=1S/C14H17FN2O/c1-7-8(2)18-9(3)13(7)14-16-11-5-4-10(15)6-12(11)17-14/h4-9,13H,1-3H3,(H,16,17). The highest BCUT2D eigenvalue weighted by Gasteiger charge is 2.39. The number of benzene rings is 1. The fraction of sp³-hybridized carbons (Fsp3) is 0.500. The number of aromatic amines is 1. The summed E-state index contributed by atoms with van der Waals surface area (Å²) in [6.45, 7) is 6.33. The first-order chi connectivity index (χ1) is 8.56. The summed E-state index contributed by atoms with van der Waals surface area (Å²) in [5.74, 6) is 1.32. The summed E-state index contributed by atoms with van der Waals surface area (Å²) in [4.78, 5) is 7.80. The molecule has 3 nitrogen and oxygen atoms in total. The Morgan fingerprint density at radius 1 is 1.22 bits per heavy atom. The molecule has 4 unspecified atom stereocenters. The lowest BCUT2D eigenvalue weighted by Crippen LogP contribution is -2.16. The van der Waals surface area contributed by atoms with Gasteiger partial charge in [0.2, 0.25) is 0 Å². The van der Waals surface area contributed by atoms with Gasteiger partial charge in [-0.1, -0.05) is 6.92 Å². The maximum atomic E-state index is 13.2. The minimum absolute atomic E-state index is 0.139. The molecule has 2 heterocycles. The van der Waals surface area contributed by atoms with E-state index in [1.54, 1.807) is 6.07 Å². The Kier molecular flexibility index (Phi) is 2.63. The number of hydrogen-bond donors (Lipinski definition) is 1. The van der Waals surface area contributed by atoms with Gasteiger partial charge in [-0.2, -0.15) is 0 Å². The third-order valence-electron chi connectivity index (χ3n) is 4.02. The molecule has 0 aliphatic carbocycles. The first-order valence-electron chi connectivity index (χ1n) is 6.37. The average Bonchev–Trinajstić information content (AvgIpc) is 2.80. The number of imidazole rings is 1. The molecule has 0 spiro atoms. The van der Waals surface area contributed by atoms with E-state index >= 15 is 0 Å². The lowest BCUT2D eigenvalue weighted by molar-refractivity contribution is 0.0554. The molecule has 1 fully saturated rings. The number of hydrogen-bond acceptors (Lipinski definition) is 2. The van der Waals surface area contributed by atoms with E-state index in [9.17, 15) is 4.39 Å². The predicted molar refractivity (Wildman–Crippen MR) is 68.0 cm³/mol. The maximum Gasteiger partial charge on any atom is 0.125 e. The Labute approximate surface area is 105 Å². The number of rotatable bonds is 1. The van der Waals surface area contributed by atoms with Crippen LogP contribution in [0.25, 0.3) is 11.0 Å². The van der Waals surface area contributed by atoms with Crippen molar-refractivity contribution in [1.82, 2.24) is 9.97 Å². The molecule has 1 saturated heterocycles. The quantitative estimate of drug-likeness (QED) is 0.841. The summed E-state index contributed by atoms with van der Waals surface area (Å²) in [5.41, 5.74) is 1.56. The lowest BCUT2D eigenvalue weighted by Gasteiger charge is -2.15. The molecule has 1 N–H and O–H groups in total. The van der Waals surface area contributed by atoms with E-state index in [-0.39, 0.29) is 23.9 Å². The normalized spacial score (nSPS) is 32.2. The number of H-pyrrole nitrogens is 1. The molecule has 1 aromatic carbocycles. The third-order valence-corrected chi connectivity index (χ3v) is 4.02.